The first-order valence-electron chi connectivity index (χ1n) is 5.40. The van der Waals surface area contributed by atoms with Crippen LogP contribution < -0.4 is 5.06 Å². The molecule has 0 bridgehead atoms. The van der Waals surface area contributed by atoms with E-state index >= 15 is 0 Å². The van der Waals surface area contributed by atoms with Crippen LogP contribution in [0.4, 0.5) is 11.4 Å². The minimum Gasteiger partial charge on any atom is -0.751 e. The van der Waals surface area contributed by atoms with Gasteiger partial charge in [0.05, 0.1) is 4.92 Å². The third kappa shape index (κ3) is 3.48. The molecule has 0 N–H and O–H groups in total. The first-order valence-corrected chi connectivity index (χ1v) is 5.40. The molecule has 106 valence electrons. The van der Waals surface area contributed by atoms with Crippen LogP contribution in [0.5, 0.6) is 0 Å². The van der Waals surface area contributed by atoms with E-state index in [-0.39, 0.29) is 42.4 Å². The molecule has 0 aromatic heterocycles. The molecule has 0 saturated carbocycles. The normalized spacial score (nSPS) is 9.45. The molecular formula is C13H9N2O4Pd-. The Morgan fingerprint density at radius 3 is 2.05 bits per heavy atom. The summed E-state index contributed by atoms with van der Waals surface area (Å²) in [5, 5.41) is 22.5. The molecule has 7 heteroatoms. The number of non-ortho nitro benzene ring substituents is 1. The molecule has 0 saturated heterocycles. The molecule has 0 aliphatic heterocycles. The number of carbonyl (C=O) groups is 1. The zero-order valence-corrected chi connectivity index (χ0v) is 11.6. The Bertz CT molecular complexity index is 602. The quantitative estimate of drug-likeness (QED) is 0.476. The summed E-state index contributed by atoms with van der Waals surface area (Å²) in [6, 6.07) is 12.9. The SMILES string of the molecule is O=C(c1ccc([N+](=O)[O-])cc1)N([O-])c1ccccc1.[Pd]. The number of benzene rings is 2. The number of carbonyl (C=O) groups excluding carboxylic acids is 1. The van der Waals surface area contributed by atoms with E-state index in [9.17, 15) is 20.1 Å². The van der Waals surface area contributed by atoms with Crippen LogP contribution >= 0.6 is 0 Å². The summed E-state index contributed by atoms with van der Waals surface area (Å²) in [6.07, 6.45) is 0. The third-order valence-electron chi connectivity index (χ3n) is 2.50. The van der Waals surface area contributed by atoms with Gasteiger partial charge in [-0.2, -0.15) is 0 Å². The fourth-order valence-corrected chi connectivity index (χ4v) is 1.52. The first-order chi connectivity index (χ1) is 9.09. The van der Waals surface area contributed by atoms with Crippen molar-refractivity contribution in [2.45, 2.75) is 0 Å². The molecule has 0 fully saturated rings. The summed E-state index contributed by atoms with van der Waals surface area (Å²) in [4.78, 5) is 21.8. The van der Waals surface area contributed by atoms with Gasteiger partial charge in [0.25, 0.3) is 5.69 Å². The number of hydrogen-bond donors (Lipinski definition) is 0. The van der Waals surface area contributed by atoms with Crippen molar-refractivity contribution in [3.8, 4) is 0 Å². The molecule has 0 heterocycles. The summed E-state index contributed by atoms with van der Waals surface area (Å²) in [5.41, 5.74) is 0.184. The number of nitro groups is 1. The first kappa shape index (κ1) is 16.0. The van der Waals surface area contributed by atoms with Crippen LogP contribution in [0.3, 0.4) is 0 Å². The van der Waals surface area contributed by atoms with Gasteiger partial charge in [-0.1, -0.05) is 18.2 Å². The number of nitrogens with zero attached hydrogens (tertiary/aromatic N) is 2. The molecule has 2 aromatic carbocycles. The van der Waals surface area contributed by atoms with Gasteiger partial charge in [0.15, 0.2) is 0 Å². The van der Waals surface area contributed by atoms with Crippen LogP contribution in [0.1, 0.15) is 10.4 Å². The Labute approximate surface area is 128 Å². The Balaban J connectivity index is 0.00000200. The zero-order chi connectivity index (χ0) is 13.8. The molecule has 1 amide bonds. The van der Waals surface area contributed by atoms with E-state index in [1.165, 1.54) is 36.4 Å². The van der Waals surface area contributed by atoms with Gasteiger partial charge in [-0.15, -0.1) is 0 Å². The number of amides is 1. The van der Waals surface area contributed by atoms with Gasteiger partial charge in [0.2, 0.25) is 5.91 Å². The second-order valence-electron chi connectivity index (χ2n) is 3.74. The molecule has 0 aliphatic rings. The molecule has 0 atom stereocenters. The van der Waals surface area contributed by atoms with Crippen molar-refractivity contribution in [3.63, 3.8) is 0 Å². The van der Waals surface area contributed by atoms with Crippen molar-refractivity contribution >= 4 is 17.3 Å². The number of rotatable bonds is 3. The van der Waals surface area contributed by atoms with Crippen LogP contribution in [0.2, 0.25) is 0 Å². The largest absolute Gasteiger partial charge is 0.751 e. The molecule has 0 aliphatic carbocycles. The van der Waals surface area contributed by atoms with E-state index in [4.69, 9.17) is 0 Å². The summed E-state index contributed by atoms with van der Waals surface area (Å²) in [5.74, 6) is -0.763. The maximum Gasteiger partial charge on any atom is 0.269 e. The van der Waals surface area contributed by atoms with E-state index in [2.05, 4.69) is 0 Å². The van der Waals surface area contributed by atoms with Gasteiger partial charge in [0, 0.05) is 43.8 Å². The van der Waals surface area contributed by atoms with Gasteiger partial charge in [-0.25, -0.2) is 0 Å². The molecular weight excluding hydrogens is 355 g/mol. The minimum atomic E-state index is -0.763. The minimum absolute atomic E-state index is 0. The molecule has 2 rings (SSSR count). The Hall–Kier alpha value is -2.07. The summed E-state index contributed by atoms with van der Waals surface area (Å²) in [6.45, 7) is 0. The summed E-state index contributed by atoms with van der Waals surface area (Å²) >= 11 is 0. The summed E-state index contributed by atoms with van der Waals surface area (Å²) < 4.78 is 0. The van der Waals surface area contributed by atoms with Gasteiger partial charge in [-0.3, -0.25) is 14.9 Å². The Morgan fingerprint density at radius 1 is 1.00 bits per heavy atom. The number of anilines is 1. The number of hydroxylamine groups is 1. The molecule has 0 spiro atoms. The monoisotopic (exact) mass is 363 g/mol. The van der Waals surface area contributed by atoms with Crippen molar-refractivity contribution < 1.29 is 30.1 Å². The van der Waals surface area contributed by atoms with E-state index in [1.54, 1.807) is 18.2 Å². The van der Waals surface area contributed by atoms with Crippen molar-refractivity contribution in [2.24, 2.45) is 0 Å². The fraction of sp³-hybridized carbons (Fsp3) is 0. The molecule has 0 unspecified atom stereocenters. The molecule has 0 radical (unpaired) electrons. The van der Waals surface area contributed by atoms with E-state index in [1.807, 2.05) is 0 Å². The molecule has 20 heavy (non-hydrogen) atoms. The average Bonchev–Trinajstić information content (AvgIpc) is 2.46. The van der Waals surface area contributed by atoms with Crippen molar-refractivity contribution in [3.05, 3.63) is 75.5 Å². The third-order valence-corrected chi connectivity index (χ3v) is 2.50. The van der Waals surface area contributed by atoms with Crippen LogP contribution in [-0.2, 0) is 20.4 Å². The van der Waals surface area contributed by atoms with E-state index in [0.29, 0.717) is 0 Å². The fourth-order valence-electron chi connectivity index (χ4n) is 1.52. The second kappa shape index (κ2) is 6.91. The van der Waals surface area contributed by atoms with Crippen LogP contribution in [-0.4, -0.2) is 10.8 Å². The smallest absolute Gasteiger partial charge is 0.269 e. The second-order valence-corrected chi connectivity index (χ2v) is 3.74. The van der Waals surface area contributed by atoms with Crippen LogP contribution in [0.25, 0.3) is 0 Å². The van der Waals surface area contributed by atoms with E-state index < -0.39 is 10.8 Å². The van der Waals surface area contributed by atoms with E-state index in [0.717, 1.165) is 0 Å². The predicted octanol–water partition coefficient (Wildman–Crippen LogP) is 2.74. The van der Waals surface area contributed by atoms with Crippen molar-refractivity contribution in [2.75, 3.05) is 5.06 Å². The Morgan fingerprint density at radius 2 is 1.55 bits per heavy atom. The maximum atomic E-state index is 11.9. The number of hydrogen-bond acceptors (Lipinski definition) is 4. The maximum absolute atomic E-state index is 11.9. The molecule has 6 nitrogen and oxygen atoms in total. The van der Waals surface area contributed by atoms with Crippen molar-refractivity contribution in [1.82, 2.24) is 0 Å². The number of para-hydroxylation sites is 1. The predicted molar refractivity (Wildman–Crippen MR) is 69.7 cm³/mol. The topological polar surface area (TPSA) is 86.5 Å². The van der Waals surface area contributed by atoms with Gasteiger partial charge in [-0.05, 0) is 24.3 Å². The average molecular weight is 364 g/mol. The van der Waals surface area contributed by atoms with Crippen molar-refractivity contribution in [1.29, 1.82) is 0 Å². The van der Waals surface area contributed by atoms with Gasteiger partial charge >= 0.3 is 0 Å². The molecule has 2 aromatic rings. The zero-order valence-electron chi connectivity index (χ0n) is 10.0. The summed E-state index contributed by atoms with van der Waals surface area (Å²) in [7, 11) is 0. The standard InChI is InChI=1S/C13H9N2O4.Pd/c16-13(14(17)11-4-2-1-3-5-11)10-6-8-12(9-7-10)15(18)19;/h1-9H;/q-1;. The van der Waals surface area contributed by atoms with Crippen LogP contribution in [0, 0.1) is 15.3 Å². The number of nitro benzene ring substituents is 1. The van der Waals surface area contributed by atoms with Gasteiger partial charge in [0.1, 0.15) is 0 Å². The van der Waals surface area contributed by atoms with Crippen LogP contribution in [0.15, 0.2) is 54.6 Å². The Kier molecular flexibility index (Phi) is 5.53. The van der Waals surface area contributed by atoms with Gasteiger partial charge < -0.3 is 10.3 Å².